The summed E-state index contributed by atoms with van der Waals surface area (Å²) in [5, 5.41) is 8.41. The normalized spacial score (nSPS) is 10.9. The van der Waals surface area contributed by atoms with Gasteiger partial charge in [0.1, 0.15) is 0 Å². The zero-order chi connectivity index (χ0) is 22.5. The molecule has 0 fully saturated rings. The summed E-state index contributed by atoms with van der Waals surface area (Å²) in [5.74, 6) is -0.858. The number of amides is 2. The Morgan fingerprint density at radius 2 is 1.68 bits per heavy atom. The molecule has 1 N–H and O–H groups in total. The number of hydrogen-bond donors (Lipinski definition) is 1. The molecule has 0 saturated heterocycles. The van der Waals surface area contributed by atoms with Crippen molar-refractivity contribution in [2.24, 2.45) is 0 Å². The topological polar surface area (TPSA) is 64.0 Å². The van der Waals surface area contributed by atoms with Crippen LogP contribution in [0.5, 0.6) is 0 Å². The molecule has 3 rings (SSSR count). The van der Waals surface area contributed by atoms with Gasteiger partial charge in [0.05, 0.1) is 16.4 Å². The first-order chi connectivity index (χ1) is 14.8. The zero-order valence-corrected chi connectivity index (χ0v) is 19.5. The van der Waals surface area contributed by atoms with Gasteiger partial charge in [0.2, 0.25) is 5.91 Å². The Kier molecular flexibility index (Phi) is 7.76. The van der Waals surface area contributed by atoms with E-state index in [-0.39, 0.29) is 11.6 Å². The van der Waals surface area contributed by atoms with Crippen LogP contribution < -0.4 is 5.32 Å². The van der Waals surface area contributed by atoms with E-state index in [2.05, 4.69) is 17.3 Å². The van der Waals surface area contributed by atoms with Crippen molar-refractivity contribution in [1.29, 1.82) is 0 Å². The van der Waals surface area contributed by atoms with E-state index in [1.807, 2.05) is 12.1 Å². The van der Waals surface area contributed by atoms with E-state index < -0.39 is 5.91 Å². The van der Waals surface area contributed by atoms with Crippen molar-refractivity contribution in [2.75, 3.05) is 0 Å². The molecule has 0 atom stereocenters. The fourth-order valence-electron chi connectivity index (χ4n) is 3.27. The van der Waals surface area contributed by atoms with Gasteiger partial charge in [0.15, 0.2) is 5.69 Å². The molecular formula is C23H22Cl3N3O2. The van der Waals surface area contributed by atoms with E-state index in [0.29, 0.717) is 38.4 Å². The Morgan fingerprint density at radius 1 is 1.00 bits per heavy atom. The Balaban J connectivity index is 2.04. The molecule has 0 spiro atoms. The van der Waals surface area contributed by atoms with Crippen molar-refractivity contribution < 1.29 is 9.59 Å². The number of unbranched alkanes of at least 4 members (excludes halogenated alkanes) is 2. The number of halogens is 3. The predicted molar refractivity (Wildman–Crippen MR) is 125 cm³/mol. The Morgan fingerprint density at radius 3 is 2.32 bits per heavy atom. The highest BCUT2D eigenvalue weighted by Gasteiger charge is 2.24. The average Bonchev–Trinajstić information content (AvgIpc) is 3.06. The highest BCUT2D eigenvalue weighted by Crippen LogP contribution is 2.33. The van der Waals surface area contributed by atoms with Crippen LogP contribution in [-0.2, 0) is 4.79 Å². The molecule has 0 saturated carbocycles. The zero-order valence-electron chi connectivity index (χ0n) is 17.2. The van der Waals surface area contributed by atoms with Crippen molar-refractivity contribution in [3.63, 3.8) is 0 Å². The number of nitrogens with one attached hydrogen (secondary N) is 1. The van der Waals surface area contributed by atoms with Gasteiger partial charge in [-0.25, -0.2) is 4.68 Å². The molecule has 5 nitrogen and oxygen atoms in total. The van der Waals surface area contributed by atoms with Gasteiger partial charge in [-0.05, 0) is 43.7 Å². The number of carbonyl (C=O) groups is 2. The van der Waals surface area contributed by atoms with Gasteiger partial charge < -0.3 is 0 Å². The number of aromatic nitrogens is 2. The molecule has 1 heterocycles. The lowest BCUT2D eigenvalue weighted by molar-refractivity contribution is -0.120. The van der Waals surface area contributed by atoms with Crippen molar-refractivity contribution in [3.05, 3.63) is 68.8 Å². The predicted octanol–water partition coefficient (Wildman–Crippen LogP) is 6.64. The lowest BCUT2D eigenvalue weighted by atomic mass is 10.1. The summed E-state index contributed by atoms with van der Waals surface area (Å²) >= 11 is 18.5. The second-order valence-electron chi connectivity index (χ2n) is 7.17. The first kappa shape index (κ1) is 23.3. The van der Waals surface area contributed by atoms with Gasteiger partial charge in [-0.2, -0.15) is 5.10 Å². The molecule has 0 bridgehead atoms. The first-order valence-electron chi connectivity index (χ1n) is 9.97. The number of nitrogens with zero attached hydrogens (tertiary/aromatic N) is 2. The summed E-state index contributed by atoms with van der Waals surface area (Å²) < 4.78 is 1.59. The van der Waals surface area contributed by atoms with Crippen LogP contribution in [-0.4, -0.2) is 21.6 Å². The quantitative estimate of drug-likeness (QED) is 0.387. The summed E-state index contributed by atoms with van der Waals surface area (Å²) in [6.45, 7) is 3.84. The number of rotatable bonds is 7. The van der Waals surface area contributed by atoms with Gasteiger partial charge in [0, 0.05) is 27.6 Å². The monoisotopic (exact) mass is 477 g/mol. The number of hydrogen-bond acceptors (Lipinski definition) is 3. The molecule has 2 aromatic carbocycles. The van der Waals surface area contributed by atoms with Crippen molar-refractivity contribution in [3.8, 4) is 16.9 Å². The minimum Gasteiger partial charge on any atom is -0.291 e. The number of carbonyl (C=O) groups excluding carboxylic acids is 2. The summed E-state index contributed by atoms with van der Waals surface area (Å²) in [6, 6.07) is 12.2. The van der Waals surface area contributed by atoms with Crippen LogP contribution in [0.4, 0.5) is 0 Å². The van der Waals surface area contributed by atoms with Crippen LogP contribution in [0.1, 0.15) is 48.7 Å². The minimum atomic E-state index is -0.543. The minimum absolute atomic E-state index is 0.153. The lowest BCUT2D eigenvalue weighted by Gasteiger charge is -2.11. The first-order valence-corrected chi connectivity index (χ1v) is 11.1. The number of imide groups is 1. The van der Waals surface area contributed by atoms with Gasteiger partial charge in [-0.15, -0.1) is 0 Å². The highest BCUT2D eigenvalue weighted by atomic mass is 35.5. The van der Waals surface area contributed by atoms with E-state index in [4.69, 9.17) is 34.8 Å². The maximum atomic E-state index is 12.8. The smallest absolute Gasteiger partial charge is 0.278 e. The molecule has 2 amide bonds. The third-order valence-corrected chi connectivity index (χ3v) is 5.64. The van der Waals surface area contributed by atoms with Crippen LogP contribution in [0.25, 0.3) is 16.9 Å². The Labute approximate surface area is 196 Å². The summed E-state index contributed by atoms with van der Waals surface area (Å²) in [6.07, 6.45) is 2.97. The Hall–Kier alpha value is -2.34. The standard InChI is InChI=1S/C23H22Cl3N3O2/c1-3-4-5-6-20(30)27-23(31)21-14(2)22(15-7-9-16(24)10-8-15)29(28-21)19-12-11-17(25)13-18(19)26/h7-13H,3-6H2,1-2H3,(H,27,30,31). The Bertz CT molecular complexity index is 1110. The molecule has 0 unspecified atom stereocenters. The molecule has 0 aliphatic rings. The molecule has 31 heavy (non-hydrogen) atoms. The third-order valence-electron chi connectivity index (χ3n) is 4.85. The fourth-order valence-corrected chi connectivity index (χ4v) is 3.88. The molecule has 0 radical (unpaired) electrons. The lowest BCUT2D eigenvalue weighted by Crippen LogP contribution is -2.31. The van der Waals surface area contributed by atoms with E-state index in [1.165, 1.54) is 0 Å². The van der Waals surface area contributed by atoms with E-state index in [0.717, 1.165) is 24.8 Å². The summed E-state index contributed by atoms with van der Waals surface area (Å²) in [7, 11) is 0. The van der Waals surface area contributed by atoms with Crippen LogP contribution >= 0.6 is 34.8 Å². The average molecular weight is 479 g/mol. The summed E-state index contributed by atoms with van der Waals surface area (Å²) in [5.41, 5.74) is 2.80. The van der Waals surface area contributed by atoms with E-state index in [1.54, 1.807) is 41.9 Å². The van der Waals surface area contributed by atoms with Crippen LogP contribution in [0.2, 0.25) is 15.1 Å². The number of benzene rings is 2. The largest absolute Gasteiger partial charge is 0.291 e. The van der Waals surface area contributed by atoms with Gasteiger partial charge >= 0.3 is 0 Å². The summed E-state index contributed by atoms with van der Waals surface area (Å²) in [4.78, 5) is 25.0. The van der Waals surface area contributed by atoms with E-state index in [9.17, 15) is 9.59 Å². The second-order valence-corrected chi connectivity index (χ2v) is 8.45. The second kappa shape index (κ2) is 10.3. The molecule has 0 aliphatic carbocycles. The SMILES string of the molecule is CCCCCC(=O)NC(=O)c1nn(-c2ccc(Cl)cc2Cl)c(-c2ccc(Cl)cc2)c1C. The molecule has 3 aromatic rings. The van der Waals surface area contributed by atoms with Crippen LogP contribution in [0.15, 0.2) is 42.5 Å². The van der Waals surface area contributed by atoms with E-state index >= 15 is 0 Å². The van der Waals surface area contributed by atoms with Crippen molar-refractivity contribution in [2.45, 2.75) is 39.5 Å². The van der Waals surface area contributed by atoms with Gasteiger partial charge in [0.25, 0.3) is 5.91 Å². The molecule has 1 aromatic heterocycles. The van der Waals surface area contributed by atoms with Crippen LogP contribution in [0.3, 0.4) is 0 Å². The maximum Gasteiger partial charge on any atom is 0.278 e. The molecule has 162 valence electrons. The van der Waals surface area contributed by atoms with Gasteiger partial charge in [-0.3, -0.25) is 14.9 Å². The third kappa shape index (κ3) is 5.48. The maximum absolute atomic E-state index is 12.8. The fraction of sp³-hybridized carbons (Fsp3) is 0.261. The molecule has 8 heteroatoms. The van der Waals surface area contributed by atoms with Crippen molar-refractivity contribution >= 4 is 46.6 Å². The van der Waals surface area contributed by atoms with Crippen molar-refractivity contribution in [1.82, 2.24) is 15.1 Å². The highest BCUT2D eigenvalue weighted by molar-refractivity contribution is 6.35. The van der Waals surface area contributed by atoms with Gasteiger partial charge in [-0.1, -0.05) is 66.7 Å². The molecular weight excluding hydrogens is 457 g/mol. The van der Waals surface area contributed by atoms with Crippen LogP contribution in [0, 0.1) is 6.92 Å². The molecule has 0 aliphatic heterocycles.